The van der Waals surface area contributed by atoms with E-state index in [2.05, 4.69) is 25.5 Å². The molecule has 1 aromatic heterocycles. The predicted octanol–water partition coefficient (Wildman–Crippen LogP) is 3.44. The van der Waals surface area contributed by atoms with E-state index in [1.807, 2.05) is 0 Å². The lowest BCUT2D eigenvalue weighted by Gasteiger charge is -2.57. The van der Waals surface area contributed by atoms with Crippen LogP contribution in [0.25, 0.3) is 0 Å². The van der Waals surface area contributed by atoms with Gasteiger partial charge in [-0.3, -0.25) is 4.68 Å². The van der Waals surface area contributed by atoms with Crippen molar-refractivity contribution in [1.29, 1.82) is 0 Å². The van der Waals surface area contributed by atoms with Gasteiger partial charge in [-0.25, -0.2) is 0 Å². The van der Waals surface area contributed by atoms with Gasteiger partial charge >= 0.3 is 0 Å². The lowest BCUT2D eigenvalue weighted by atomic mass is 9.53. The van der Waals surface area contributed by atoms with Gasteiger partial charge in [0.1, 0.15) is 0 Å². The normalized spacial score (nSPS) is 40.3. The minimum atomic E-state index is 0.0951. The third-order valence-electron chi connectivity index (χ3n) is 6.26. The van der Waals surface area contributed by atoms with Crippen LogP contribution in [0.4, 0.5) is 0 Å². The second-order valence-electron chi connectivity index (χ2n) is 7.93. The Morgan fingerprint density at radius 3 is 2.00 bits per heavy atom. The van der Waals surface area contributed by atoms with E-state index in [9.17, 15) is 0 Å². The van der Waals surface area contributed by atoms with Crippen molar-refractivity contribution in [3.63, 3.8) is 0 Å². The SMILES string of the molecule is Cc1nn(C23CC4CC(CC(C4)C2)C3)c(C)c1C(C)N. The maximum Gasteiger partial charge on any atom is 0.0644 e. The van der Waals surface area contributed by atoms with Crippen molar-refractivity contribution in [2.24, 2.45) is 23.5 Å². The average molecular weight is 273 g/mol. The molecule has 4 fully saturated rings. The first-order valence-electron chi connectivity index (χ1n) is 8.31. The van der Waals surface area contributed by atoms with Crippen LogP contribution < -0.4 is 5.73 Å². The molecule has 0 aliphatic heterocycles. The molecule has 4 saturated carbocycles. The summed E-state index contributed by atoms with van der Waals surface area (Å²) in [6.07, 6.45) is 8.54. The number of hydrogen-bond donors (Lipinski definition) is 1. The van der Waals surface area contributed by atoms with Gasteiger partial charge < -0.3 is 5.73 Å². The maximum absolute atomic E-state index is 6.17. The van der Waals surface area contributed by atoms with Gasteiger partial charge in [-0.2, -0.15) is 5.10 Å². The molecule has 0 amide bonds. The Balaban J connectivity index is 1.79. The van der Waals surface area contributed by atoms with Crippen molar-refractivity contribution < 1.29 is 0 Å². The Morgan fingerprint density at radius 1 is 1.10 bits per heavy atom. The molecular weight excluding hydrogens is 246 g/mol. The van der Waals surface area contributed by atoms with E-state index >= 15 is 0 Å². The van der Waals surface area contributed by atoms with Crippen LogP contribution >= 0.6 is 0 Å². The summed E-state index contributed by atoms with van der Waals surface area (Å²) >= 11 is 0. The van der Waals surface area contributed by atoms with E-state index in [0.717, 1.165) is 23.4 Å². The molecule has 1 unspecified atom stereocenters. The first-order chi connectivity index (χ1) is 9.48. The van der Waals surface area contributed by atoms with E-state index in [-0.39, 0.29) is 6.04 Å². The molecule has 3 heteroatoms. The zero-order valence-electron chi connectivity index (χ0n) is 13.0. The van der Waals surface area contributed by atoms with E-state index in [1.54, 1.807) is 0 Å². The molecule has 110 valence electrons. The number of nitrogens with two attached hydrogens (primary N) is 1. The molecule has 3 nitrogen and oxygen atoms in total. The first kappa shape index (κ1) is 12.9. The van der Waals surface area contributed by atoms with Gasteiger partial charge in [0, 0.05) is 17.3 Å². The summed E-state index contributed by atoms with van der Waals surface area (Å²) in [5.74, 6) is 2.89. The zero-order chi connectivity index (χ0) is 14.1. The van der Waals surface area contributed by atoms with Gasteiger partial charge in [-0.05, 0) is 77.0 Å². The van der Waals surface area contributed by atoms with Crippen molar-refractivity contribution in [3.8, 4) is 0 Å². The molecule has 4 bridgehead atoms. The summed E-state index contributed by atoms with van der Waals surface area (Å²) in [5, 5.41) is 4.96. The predicted molar refractivity (Wildman–Crippen MR) is 80.4 cm³/mol. The molecule has 4 aliphatic rings. The molecular formula is C17H27N3. The van der Waals surface area contributed by atoms with Crippen molar-refractivity contribution in [2.75, 3.05) is 0 Å². The second kappa shape index (κ2) is 4.09. The first-order valence-corrected chi connectivity index (χ1v) is 8.31. The van der Waals surface area contributed by atoms with Crippen molar-refractivity contribution in [1.82, 2.24) is 9.78 Å². The Bertz CT molecular complexity index is 505. The summed E-state index contributed by atoms with van der Waals surface area (Å²) in [7, 11) is 0. The van der Waals surface area contributed by atoms with Gasteiger partial charge in [0.25, 0.3) is 0 Å². The second-order valence-corrected chi connectivity index (χ2v) is 7.93. The van der Waals surface area contributed by atoms with E-state index < -0.39 is 0 Å². The Hall–Kier alpha value is -0.830. The van der Waals surface area contributed by atoms with Gasteiger partial charge in [0.05, 0.1) is 11.2 Å². The molecule has 20 heavy (non-hydrogen) atoms. The maximum atomic E-state index is 6.17. The number of aromatic nitrogens is 2. The van der Waals surface area contributed by atoms with Crippen LogP contribution in [0.2, 0.25) is 0 Å². The fourth-order valence-electron chi connectivity index (χ4n) is 6.10. The summed E-state index contributed by atoms with van der Waals surface area (Å²) < 4.78 is 2.41. The third-order valence-corrected chi connectivity index (χ3v) is 6.26. The van der Waals surface area contributed by atoms with Gasteiger partial charge in [-0.15, -0.1) is 0 Å². The summed E-state index contributed by atoms with van der Waals surface area (Å²) in [6, 6.07) is 0.0951. The lowest BCUT2D eigenvalue weighted by Crippen LogP contribution is -2.52. The molecule has 2 N–H and O–H groups in total. The van der Waals surface area contributed by atoms with Crippen molar-refractivity contribution >= 4 is 0 Å². The lowest BCUT2D eigenvalue weighted by molar-refractivity contribution is -0.0505. The van der Waals surface area contributed by atoms with E-state index in [4.69, 9.17) is 10.8 Å². The highest BCUT2D eigenvalue weighted by molar-refractivity contribution is 5.29. The Morgan fingerprint density at radius 2 is 1.60 bits per heavy atom. The van der Waals surface area contributed by atoms with Gasteiger partial charge in [0.2, 0.25) is 0 Å². The van der Waals surface area contributed by atoms with Gasteiger partial charge in [0.15, 0.2) is 0 Å². The van der Waals surface area contributed by atoms with Crippen molar-refractivity contribution in [3.05, 3.63) is 17.0 Å². The topological polar surface area (TPSA) is 43.8 Å². The minimum absolute atomic E-state index is 0.0951. The fourth-order valence-corrected chi connectivity index (χ4v) is 6.10. The van der Waals surface area contributed by atoms with Crippen LogP contribution in [-0.4, -0.2) is 9.78 Å². The quantitative estimate of drug-likeness (QED) is 0.897. The molecule has 0 aromatic carbocycles. The molecule has 1 atom stereocenters. The third kappa shape index (κ3) is 1.65. The number of hydrogen-bond acceptors (Lipinski definition) is 2. The number of nitrogens with zero attached hydrogens (tertiary/aromatic N) is 2. The van der Waals surface area contributed by atoms with Crippen LogP contribution in [0, 0.1) is 31.6 Å². The average Bonchev–Trinajstić information content (AvgIpc) is 2.63. The Kier molecular flexibility index (Phi) is 2.64. The summed E-state index contributed by atoms with van der Waals surface area (Å²) in [4.78, 5) is 0. The van der Waals surface area contributed by atoms with Crippen LogP contribution in [0.3, 0.4) is 0 Å². The molecule has 5 rings (SSSR count). The molecule has 0 spiro atoms. The highest BCUT2D eigenvalue weighted by Crippen LogP contribution is 2.59. The van der Waals surface area contributed by atoms with Crippen LogP contribution in [0.1, 0.15) is 68.4 Å². The highest BCUT2D eigenvalue weighted by atomic mass is 15.3. The fraction of sp³-hybridized carbons (Fsp3) is 0.824. The Labute approximate surface area is 121 Å². The summed E-state index contributed by atoms with van der Waals surface area (Å²) in [5.41, 5.74) is 10.3. The van der Waals surface area contributed by atoms with Crippen LogP contribution in [0.15, 0.2) is 0 Å². The molecule has 4 aliphatic carbocycles. The molecule has 0 radical (unpaired) electrons. The molecule has 1 heterocycles. The summed E-state index contributed by atoms with van der Waals surface area (Å²) in [6.45, 7) is 6.45. The van der Waals surface area contributed by atoms with Crippen molar-refractivity contribution in [2.45, 2.75) is 70.9 Å². The number of aryl methyl sites for hydroxylation is 1. The molecule has 1 aromatic rings. The van der Waals surface area contributed by atoms with Crippen LogP contribution in [0.5, 0.6) is 0 Å². The van der Waals surface area contributed by atoms with E-state index in [0.29, 0.717) is 5.54 Å². The monoisotopic (exact) mass is 273 g/mol. The standard InChI is InChI=1S/C17H27N3/c1-10(18)16-11(2)19-20(12(16)3)17-7-13-4-14(8-17)6-15(5-13)9-17/h10,13-15H,4-9,18H2,1-3H3. The van der Waals surface area contributed by atoms with Crippen LogP contribution in [-0.2, 0) is 5.54 Å². The number of rotatable bonds is 2. The molecule has 0 saturated heterocycles. The smallest absolute Gasteiger partial charge is 0.0644 e. The zero-order valence-corrected chi connectivity index (χ0v) is 13.0. The minimum Gasteiger partial charge on any atom is -0.324 e. The van der Waals surface area contributed by atoms with Gasteiger partial charge in [-0.1, -0.05) is 0 Å². The largest absolute Gasteiger partial charge is 0.324 e. The van der Waals surface area contributed by atoms with E-state index in [1.165, 1.54) is 49.8 Å². The highest BCUT2D eigenvalue weighted by Gasteiger charge is 2.53.